The summed E-state index contributed by atoms with van der Waals surface area (Å²) in [6.45, 7) is 4.01. The van der Waals surface area contributed by atoms with E-state index >= 15 is 0 Å². The van der Waals surface area contributed by atoms with Crippen molar-refractivity contribution in [2.45, 2.75) is 45.1 Å². The van der Waals surface area contributed by atoms with Gasteiger partial charge in [-0.3, -0.25) is 9.89 Å². The van der Waals surface area contributed by atoms with Crippen LogP contribution >= 0.6 is 11.3 Å². The third kappa shape index (κ3) is 2.72. The van der Waals surface area contributed by atoms with Gasteiger partial charge in [0.1, 0.15) is 10.8 Å². The number of carbonyl (C=O) groups excluding carboxylic acids is 1. The minimum atomic E-state index is -0.256. The monoisotopic (exact) mass is 291 g/mol. The second kappa shape index (κ2) is 5.32. The number of aromatic nitrogens is 4. The topological polar surface area (TPSA) is 83.6 Å². The van der Waals surface area contributed by atoms with Crippen LogP contribution in [0.15, 0.2) is 6.20 Å². The maximum absolute atomic E-state index is 12.1. The largest absolute Gasteiger partial charge is 0.340 e. The normalized spacial score (nSPS) is 16.1. The van der Waals surface area contributed by atoms with E-state index in [4.69, 9.17) is 0 Å². The summed E-state index contributed by atoms with van der Waals surface area (Å²) in [4.78, 5) is 21.9. The van der Waals surface area contributed by atoms with E-state index in [0.717, 1.165) is 30.1 Å². The van der Waals surface area contributed by atoms with Gasteiger partial charge in [0.2, 0.25) is 5.82 Å². The molecule has 7 heteroatoms. The lowest BCUT2D eigenvalue weighted by Crippen LogP contribution is -2.27. The lowest BCUT2D eigenvalue weighted by atomic mass is 10.3. The minimum absolute atomic E-state index is 0.129. The van der Waals surface area contributed by atoms with Crippen LogP contribution in [0.25, 0.3) is 0 Å². The lowest BCUT2D eigenvalue weighted by Gasteiger charge is -2.08. The molecule has 0 saturated heterocycles. The number of carbonyl (C=O) groups is 1. The number of nitrogens with one attached hydrogen (secondary N) is 2. The number of aromatic amines is 1. The van der Waals surface area contributed by atoms with Crippen molar-refractivity contribution in [3.63, 3.8) is 0 Å². The van der Waals surface area contributed by atoms with Crippen LogP contribution in [0.4, 0.5) is 0 Å². The summed E-state index contributed by atoms with van der Waals surface area (Å²) in [5.74, 6) is 1.25. The number of thiazole rings is 1. The number of rotatable bonds is 5. The fourth-order valence-corrected chi connectivity index (χ4v) is 2.78. The van der Waals surface area contributed by atoms with Gasteiger partial charge in [0.15, 0.2) is 0 Å². The highest BCUT2D eigenvalue weighted by atomic mass is 32.1. The summed E-state index contributed by atoms with van der Waals surface area (Å²) < 4.78 is 0. The molecule has 6 nitrogen and oxygen atoms in total. The molecule has 0 spiro atoms. The molecule has 0 aliphatic heterocycles. The molecule has 1 saturated carbocycles. The van der Waals surface area contributed by atoms with Crippen molar-refractivity contribution in [1.29, 1.82) is 0 Å². The van der Waals surface area contributed by atoms with E-state index in [9.17, 15) is 4.79 Å². The maximum atomic E-state index is 12.1. The molecule has 1 atom stereocenters. The second-order valence-electron chi connectivity index (χ2n) is 5.03. The molecule has 1 unspecified atom stereocenters. The number of hydrogen-bond donors (Lipinski definition) is 2. The molecule has 1 aliphatic rings. The molecule has 3 rings (SSSR count). The zero-order valence-electron chi connectivity index (χ0n) is 11.5. The van der Waals surface area contributed by atoms with Crippen molar-refractivity contribution in [3.05, 3.63) is 27.7 Å². The third-order valence-electron chi connectivity index (χ3n) is 3.31. The van der Waals surface area contributed by atoms with E-state index in [1.807, 2.05) is 13.1 Å². The van der Waals surface area contributed by atoms with Crippen molar-refractivity contribution in [2.24, 2.45) is 0 Å². The SMILES string of the molecule is CCc1cnc(C(C)NC(=O)c2n[nH]c(C3CC3)n2)s1. The van der Waals surface area contributed by atoms with Crippen LogP contribution in [0.3, 0.4) is 0 Å². The van der Waals surface area contributed by atoms with Crippen molar-refractivity contribution >= 4 is 17.2 Å². The first-order valence-corrected chi connectivity index (χ1v) is 7.66. The van der Waals surface area contributed by atoms with Gasteiger partial charge in [-0.05, 0) is 26.2 Å². The average Bonchev–Trinajstić information content (AvgIpc) is 3.00. The summed E-state index contributed by atoms with van der Waals surface area (Å²) in [5, 5.41) is 10.6. The van der Waals surface area contributed by atoms with Crippen molar-refractivity contribution in [2.75, 3.05) is 0 Å². The molecule has 0 bridgehead atoms. The summed E-state index contributed by atoms with van der Waals surface area (Å²) in [6.07, 6.45) is 5.09. The van der Waals surface area contributed by atoms with Crippen LogP contribution in [-0.2, 0) is 6.42 Å². The Morgan fingerprint density at radius 3 is 3.05 bits per heavy atom. The molecule has 1 aliphatic carbocycles. The quantitative estimate of drug-likeness (QED) is 0.884. The van der Waals surface area contributed by atoms with Gasteiger partial charge in [-0.25, -0.2) is 9.97 Å². The fourth-order valence-electron chi connectivity index (χ4n) is 1.92. The number of amides is 1. The van der Waals surface area contributed by atoms with Gasteiger partial charge in [0.05, 0.1) is 6.04 Å². The molecule has 2 heterocycles. The van der Waals surface area contributed by atoms with Crippen LogP contribution in [0.2, 0.25) is 0 Å². The molecule has 106 valence electrons. The van der Waals surface area contributed by atoms with E-state index in [0.29, 0.717) is 5.92 Å². The molecule has 2 aromatic rings. The minimum Gasteiger partial charge on any atom is -0.340 e. The zero-order valence-corrected chi connectivity index (χ0v) is 12.3. The van der Waals surface area contributed by atoms with Crippen molar-refractivity contribution in [3.8, 4) is 0 Å². The molecule has 1 amide bonds. The Hall–Kier alpha value is -1.76. The first kappa shape index (κ1) is 13.2. The van der Waals surface area contributed by atoms with E-state index in [-0.39, 0.29) is 17.8 Å². The summed E-state index contributed by atoms with van der Waals surface area (Å²) in [6, 6.07) is -0.129. The number of aryl methyl sites for hydroxylation is 1. The Kier molecular flexibility index (Phi) is 3.52. The highest BCUT2D eigenvalue weighted by Crippen LogP contribution is 2.37. The molecule has 0 radical (unpaired) electrons. The zero-order chi connectivity index (χ0) is 14.1. The van der Waals surface area contributed by atoms with Crippen molar-refractivity contribution < 1.29 is 4.79 Å². The van der Waals surface area contributed by atoms with E-state index < -0.39 is 0 Å². The first-order chi connectivity index (χ1) is 9.67. The Labute approximate surface area is 121 Å². The predicted molar refractivity (Wildman–Crippen MR) is 75.7 cm³/mol. The average molecular weight is 291 g/mol. The predicted octanol–water partition coefficient (Wildman–Crippen LogP) is 2.19. The molecule has 0 aromatic carbocycles. The second-order valence-corrected chi connectivity index (χ2v) is 6.18. The lowest BCUT2D eigenvalue weighted by molar-refractivity contribution is 0.0929. The van der Waals surface area contributed by atoms with E-state index in [1.165, 1.54) is 4.88 Å². The summed E-state index contributed by atoms with van der Waals surface area (Å²) >= 11 is 1.62. The van der Waals surface area contributed by atoms with E-state index in [2.05, 4.69) is 32.4 Å². The van der Waals surface area contributed by atoms with Gasteiger partial charge in [0.25, 0.3) is 5.91 Å². The smallest absolute Gasteiger partial charge is 0.291 e. The summed E-state index contributed by atoms with van der Waals surface area (Å²) in [5.41, 5.74) is 0. The van der Waals surface area contributed by atoms with Gasteiger partial charge in [-0.1, -0.05) is 6.92 Å². The van der Waals surface area contributed by atoms with Gasteiger partial charge < -0.3 is 5.32 Å². The molecular formula is C13H17N5OS. The van der Waals surface area contributed by atoms with Crippen molar-refractivity contribution in [1.82, 2.24) is 25.5 Å². The third-order valence-corrected chi connectivity index (χ3v) is 4.63. The van der Waals surface area contributed by atoms with Crippen LogP contribution in [0, 0.1) is 0 Å². The van der Waals surface area contributed by atoms with Crippen LogP contribution in [0.1, 0.15) is 65.0 Å². The highest BCUT2D eigenvalue weighted by molar-refractivity contribution is 7.11. The van der Waals surface area contributed by atoms with Gasteiger partial charge in [-0.15, -0.1) is 16.4 Å². The standard InChI is InChI=1S/C13H17N5OS/c1-3-9-6-14-13(20-9)7(2)15-12(19)11-16-10(17-18-11)8-4-5-8/h6-8H,3-5H2,1-2H3,(H,15,19)(H,16,17,18). The van der Waals surface area contributed by atoms with Crippen LogP contribution in [-0.4, -0.2) is 26.1 Å². The molecular weight excluding hydrogens is 274 g/mol. The highest BCUT2D eigenvalue weighted by Gasteiger charge is 2.28. The first-order valence-electron chi connectivity index (χ1n) is 6.85. The van der Waals surface area contributed by atoms with Crippen LogP contribution in [0.5, 0.6) is 0 Å². The van der Waals surface area contributed by atoms with Gasteiger partial charge in [-0.2, -0.15) is 0 Å². The number of nitrogens with zero attached hydrogens (tertiary/aromatic N) is 3. The Morgan fingerprint density at radius 1 is 1.60 bits per heavy atom. The Morgan fingerprint density at radius 2 is 2.40 bits per heavy atom. The number of H-pyrrole nitrogens is 1. The van der Waals surface area contributed by atoms with Gasteiger partial charge in [0, 0.05) is 17.0 Å². The van der Waals surface area contributed by atoms with Gasteiger partial charge >= 0.3 is 0 Å². The molecule has 2 N–H and O–H groups in total. The molecule has 1 fully saturated rings. The molecule has 2 aromatic heterocycles. The number of hydrogen-bond acceptors (Lipinski definition) is 5. The van der Waals surface area contributed by atoms with Crippen LogP contribution < -0.4 is 5.32 Å². The van der Waals surface area contributed by atoms with E-state index in [1.54, 1.807) is 11.3 Å². The fraction of sp³-hybridized carbons (Fsp3) is 0.538. The maximum Gasteiger partial charge on any atom is 0.291 e. The Bertz CT molecular complexity index is 616. The Balaban J connectivity index is 1.64. The molecule has 20 heavy (non-hydrogen) atoms. The summed E-state index contributed by atoms with van der Waals surface area (Å²) in [7, 11) is 0.